The number of H-pyrrole nitrogens is 1. The summed E-state index contributed by atoms with van der Waals surface area (Å²) >= 11 is 1.39. The first-order chi connectivity index (χ1) is 22.1. The summed E-state index contributed by atoms with van der Waals surface area (Å²) in [4.78, 5) is 38.9. The maximum Gasteiger partial charge on any atom is 0.407 e. The average Bonchev–Trinajstić information content (AvgIpc) is 3.34. The van der Waals surface area contributed by atoms with Crippen molar-refractivity contribution < 1.29 is 24.1 Å². The monoisotopic (exact) mass is 645 g/mol. The number of carbonyl (C=O) groups is 1. The number of rotatable bonds is 11. The molecule has 3 N–H and O–H groups in total. The van der Waals surface area contributed by atoms with Crippen LogP contribution in [0.25, 0.3) is 0 Å². The Labute approximate surface area is 271 Å². The van der Waals surface area contributed by atoms with Crippen molar-refractivity contribution in [2.24, 2.45) is 0 Å². The van der Waals surface area contributed by atoms with Crippen molar-refractivity contribution >= 4 is 17.9 Å². The zero-order chi connectivity index (χ0) is 32.7. The summed E-state index contributed by atoms with van der Waals surface area (Å²) in [7, 11) is 0. The molecule has 1 saturated heterocycles. The molecule has 3 aromatic carbocycles. The first kappa shape index (κ1) is 33.2. The summed E-state index contributed by atoms with van der Waals surface area (Å²) in [6.07, 6.45) is -2.11. The molecule has 0 spiro atoms. The molecular weight excluding hydrogens is 606 g/mol. The Bertz CT molecular complexity index is 1590. The molecule has 0 unspecified atom stereocenters. The Morgan fingerprint density at radius 3 is 1.96 bits per heavy atom. The summed E-state index contributed by atoms with van der Waals surface area (Å²) in [6.45, 7) is 5.69. The molecule has 4 atom stereocenters. The van der Waals surface area contributed by atoms with E-state index in [0.29, 0.717) is 5.75 Å². The number of aliphatic hydroxyl groups excluding tert-OH is 1. The molecule has 0 aliphatic carbocycles. The Morgan fingerprint density at radius 1 is 0.913 bits per heavy atom. The molecule has 0 bridgehead atoms. The Hall–Kier alpha value is -4.16. The lowest BCUT2D eigenvalue weighted by Gasteiger charge is -2.37. The number of aromatic nitrogens is 2. The van der Waals surface area contributed by atoms with Crippen LogP contribution in [0.2, 0.25) is 0 Å². The van der Waals surface area contributed by atoms with Crippen LogP contribution in [0, 0.1) is 0 Å². The van der Waals surface area contributed by atoms with Crippen molar-refractivity contribution in [3.63, 3.8) is 0 Å². The molecule has 1 aliphatic rings. The standard InChI is InChI=1S/C35H39N3O7S/c1-34(2,3)45-33(42)36-20-22-46-30-27(44-31(29(30)40)38-21-19-28(39)37-32(38)41)23-43-35(24-13-7-4-8-14-24,25-15-9-5-10-16-25)26-17-11-6-12-18-26/h4-19,21,27,29-31,40H,20,22-23H2,1-3H3,(H,36,42)(H,37,39,41)/t27-,29+,30-,31-/m1/s1. The maximum atomic E-state index is 12.7. The van der Waals surface area contributed by atoms with Crippen LogP contribution in [-0.2, 0) is 19.8 Å². The van der Waals surface area contributed by atoms with Gasteiger partial charge in [0.15, 0.2) is 6.23 Å². The van der Waals surface area contributed by atoms with Crippen molar-refractivity contribution in [2.45, 2.75) is 55.7 Å². The van der Waals surface area contributed by atoms with Crippen LogP contribution in [0.15, 0.2) is 113 Å². The quantitative estimate of drug-likeness (QED) is 0.161. The highest BCUT2D eigenvalue weighted by Gasteiger charge is 2.47. The van der Waals surface area contributed by atoms with Crippen LogP contribution in [0.4, 0.5) is 4.79 Å². The van der Waals surface area contributed by atoms with E-state index in [1.165, 1.54) is 28.6 Å². The van der Waals surface area contributed by atoms with Crippen molar-refractivity contribution in [1.82, 2.24) is 14.9 Å². The summed E-state index contributed by atoms with van der Waals surface area (Å²) in [5.41, 5.74) is -0.180. The van der Waals surface area contributed by atoms with E-state index >= 15 is 0 Å². The number of amides is 1. The number of aliphatic hydroxyl groups is 1. The Kier molecular flexibility index (Phi) is 10.5. The summed E-state index contributed by atoms with van der Waals surface area (Å²) in [5.74, 6) is 0.426. The zero-order valence-electron chi connectivity index (χ0n) is 26.0. The number of carbonyl (C=O) groups excluding carboxylic acids is 1. The Balaban J connectivity index is 1.46. The highest BCUT2D eigenvalue weighted by Crippen LogP contribution is 2.43. The van der Waals surface area contributed by atoms with Crippen molar-refractivity contribution in [1.29, 1.82) is 0 Å². The van der Waals surface area contributed by atoms with Gasteiger partial charge < -0.3 is 24.6 Å². The van der Waals surface area contributed by atoms with Crippen LogP contribution in [0.5, 0.6) is 0 Å². The van der Waals surface area contributed by atoms with Gasteiger partial charge in [-0.05, 0) is 37.5 Å². The molecule has 10 nitrogen and oxygen atoms in total. The molecule has 242 valence electrons. The predicted molar refractivity (Wildman–Crippen MR) is 177 cm³/mol. The molecule has 11 heteroatoms. The summed E-state index contributed by atoms with van der Waals surface area (Å²) in [5, 5.41) is 13.7. The molecular formula is C35H39N3O7S. The van der Waals surface area contributed by atoms with E-state index in [1.54, 1.807) is 20.8 Å². The smallest absolute Gasteiger partial charge is 0.407 e. The Morgan fingerprint density at radius 2 is 1.46 bits per heavy atom. The normalized spacial score (nSPS) is 19.9. The van der Waals surface area contributed by atoms with Crippen LogP contribution >= 0.6 is 11.8 Å². The molecule has 1 aromatic heterocycles. The molecule has 0 radical (unpaired) electrons. The number of thioether (sulfide) groups is 1. The largest absolute Gasteiger partial charge is 0.444 e. The number of benzene rings is 3. The number of alkyl carbamates (subject to hydrolysis) is 1. The first-order valence-corrected chi connectivity index (χ1v) is 16.2. The van der Waals surface area contributed by atoms with Gasteiger partial charge >= 0.3 is 11.8 Å². The molecule has 1 amide bonds. The van der Waals surface area contributed by atoms with E-state index in [9.17, 15) is 19.5 Å². The van der Waals surface area contributed by atoms with Gasteiger partial charge in [0.2, 0.25) is 0 Å². The third-order valence-electron chi connectivity index (χ3n) is 7.52. The second-order valence-corrected chi connectivity index (χ2v) is 13.2. The third-order valence-corrected chi connectivity index (χ3v) is 8.93. The van der Waals surface area contributed by atoms with Gasteiger partial charge in [0.1, 0.15) is 17.3 Å². The van der Waals surface area contributed by atoms with Gasteiger partial charge in [0, 0.05) is 24.6 Å². The lowest BCUT2D eigenvalue weighted by Crippen LogP contribution is -2.39. The second kappa shape index (κ2) is 14.5. The maximum absolute atomic E-state index is 12.7. The van der Waals surface area contributed by atoms with Crippen molar-refractivity contribution in [3.05, 3.63) is 141 Å². The van der Waals surface area contributed by atoms with Gasteiger partial charge in [0.05, 0.1) is 18.0 Å². The van der Waals surface area contributed by atoms with Gasteiger partial charge in [-0.3, -0.25) is 14.3 Å². The lowest BCUT2D eigenvalue weighted by atomic mass is 9.80. The topological polar surface area (TPSA) is 132 Å². The number of ether oxygens (including phenoxy) is 3. The minimum Gasteiger partial charge on any atom is -0.444 e. The number of nitrogens with one attached hydrogen (secondary N) is 2. The van der Waals surface area contributed by atoms with Gasteiger partial charge in [-0.1, -0.05) is 91.0 Å². The molecule has 2 heterocycles. The van der Waals surface area contributed by atoms with E-state index in [0.717, 1.165) is 16.7 Å². The van der Waals surface area contributed by atoms with E-state index in [-0.39, 0.29) is 13.2 Å². The average molecular weight is 646 g/mol. The predicted octanol–water partition coefficient (Wildman–Crippen LogP) is 4.43. The summed E-state index contributed by atoms with van der Waals surface area (Å²) in [6, 6.07) is 30.9. The fourth-order valence-electron chi connectivity index (χ4n) is 5.56. The fraction of sp³-hybridized carbons (Fsp3) is 0.343. The SMILES string of the molecule is CC(C)(C)OC(=O)NCCS[C@H]1[C@H](O)[C@H](n2ccc(=O)[nH]c2=O)O[C@@H]1COC(c1ccccc1)(c1ccccc1)c1ccccc1. The molecule has 5 rings (SSSR count). The van der Waals surface area contributed by atoms with Crippen LogP contribution in [-0.4, -0.2) is 62.7 Å². The van der Waals surface area contributed by atoms with E-state index < -0.39 is 52.2 Å². The van der Waals surface area contributed by atoms with Crippen LogP contribution in [0.3, 0.4) is 0 Å². The first-order valence-electron chi connectivity index (χ1n) is 15.1. The summed E-state index contributed by atoms with van der Waals surface area (Å²) < 4.78 is 19.9. The third kappa shape index (κ3) is 7.61. The number of hydrogen-bond acceptors (Lipinski definition) is 8. The zero-order valence-corrected chi connectivity index (χ0v) is 26.8. The van der Waals surface area contributed by atoms with E-state index in [2.05, 4.69) is 10.3 Å². The highest BCUT2D eigenvalue weighted by atomic mass is 32.2. The fourth-order valence-corrected chi connectivity index (χ4v) is 6.74. The van der Waals surface area contributed by atoms with Gasteiger partial charge in [0.25, 0.3) is 5.56 Å². The van der Waals surface area contributed by atoms with Gasteiger partial charge in [-0.2, -0.15) is 11.8 Å². The van der Waals surface area contributed by atoms with Crippen LogP contribution in [0.1, 0.15) is 43.7 Å². The highest BCUT2D eigenvalue weighted by molar-refractivity contribution is 8.00. The van der Waals surface area contributed by atoms with Crippen molar-refractivity contribution in [2.75, 3.05) is 18.9 Å². The van der Waals surface area contributed by atoms with Gasteiger partial charge in [-0.25, -0.2) is 9.59 Å². The molecule has 0 saturated carbocycles. The minimum absolute atomic E-state index is 0.0432. The minimum atomic E-state index is -1.14. The number of nitrogens with zero attached hydrogens (tertiary/aromatic N) is 1. The van der Waals surface area contributed by atoms with Crippen molar-refractivity contribution in [3.8, 4) is 0 Å². The lowest BCUT2D eigenvalue weighted by molar-refractivity contribution is -0.0872. The molecule has 1 aliphatic heterocycles. The molecule has 1 fully saturated rings. The molecule has 4 aromatic rings. The van der Waals surface area contributed by atoms with E-state index in [1.807, 2.05) is 91.0 Å². The molecule has 46 heavy (non-hydrogen) atoms. The number of hydrogen-bond donors (Lipinski definition) is 3. The second-order valence-electron chi connectivity index (χ2n) is 11.9. The van der Waals surface area contributed by atoms with E-state index in [4.69, 9.17) is 14.2 Å². The van der Waals surface area contributed by atoms with Crippen LogP contribution < -0.4 is 16.6 Å². The number of aromatic amines is 1. The van der Waals surface area contributed by atoms with Gasteiger partial charge in [-0.15, -0.1) is 0 Å².